The van der Waals surface area contributed by atoms with Gasteiger partial charge in [0.05, 0.1) is 16.5 Å². The number of para-hydroxylation sites is 1. The molecule has 0 amide bonds. The highest BCUT2D eigenvalue weighted by Gasteiger charge is 2.49. The van der Waals surface area contributed by atoms with Gasteiger partial charge in [-0.2, -0.15) is 0 Å². The standard InChI is InChI=1S/C75H61FN2O/c1-73(2,3)54-33-41-60(42-34-54)77(59-37-29-52(30-38-59)50-19-10-7-11-20-50)63-45-46-64-66(48-63)75(56-23-14-9-15-24-56,57-25-18-26-58(76)47-57)67-49-68(71-65-27-16-17-28-69(65)79-72(71)70(64)67)78(62-43-35-55(36-44-62)74(4,5)6)61-39-31-53(32-40-61)51-21-12-8-13-22-51/h7-49H,1-6H3. The van der Waals surface area contributed by atoms with E-state index in [1.807, 2.05) is 12.1 Å². The third-order valence-corrected chi connectivity index (χ3v) is 16.1. The molecule has 1 aliphatic carbocycles. The first-order valence-corrected chi connectivity index (χ1v) is 27.4. The molecule has 13 rings (SSSR count). The highest BCUT2D eigenvalue weighted by atomic mass is 19.1. The van der Waals surface area contributed by atoms with Crippen molar-refractivity contribution in [1.82, 2.24) is 0 Å². The molecule has 1 atom stereocenters. The van der Waals surface area contributed by atoms with Crippen LogP contribution in [0, 0.1) is 5.82 Å². The fourth-order valence-corrected chi connectivity index (χ4v) is 12.1. The van der Waals surface area contributed by atoms with Crippen LogP contribution in [-0.4, -0.2) is 0 Å². The Labute approximate surface area is 463 Å². The summed E-state index contributed by atoms with van der Waals surface area (Å²) in [6, 6.07) is 92.4. The molecule has 1 unspecified atom stereocenters. The van der Waals surface area contributed by atoms with Crippen LogP contribution in [0.3, 0.4) is 0 Å². The lowest BCUT2D eigenvalue weighted by atomic mass is 9.67. The summed E-state index contributed by atoms with van der Waals surface area (Å²) in [6.45, 7) is 13.5. The average Bonchev–Trinajstić information content (AvgIpc) is 3.44. The van der Waals surface area contributed by atoms with Crippen LogP contribution in [0.15, 0.2) is 265 Å². The summed E-state index contributed by atoms with van der Waals surface area (Å²) in [7, 11) is 0. The Balaban J connectivity index is 1.11. The van der Waals surface area contributed by atoms with Gasteiger partial charge in [0.2, 0.25) is 0 Å². The smallest absolute Gasteiger partial charge is 0.145 e. The highest BCUT2D eigenvalue weighted by molar-refractivity contribution is 6.19. The van der Waals surface area contributed by atoms with Gasteiger partial charge in [0.1, 0.15) is 17.0 Å². The van der Waals surface area contributed by atoms with E-state index in [0.717, 1.165) is 112 Å². The molecule has 0 N–H and O–H groups in total. The van der Waals surface area contributed by atoms with Crippen molar-refractivity contribution in [3.63, 3.8) is 0 Å². The van der Waals surface area contributed by atoms with Crippen molar-refractivity contribution < 1.29 is 8.81 Å². The Hall–Kier alpha value is -9.25. The van der Waals surface area contributed by atoms with Crippen molar-refractivity contribution in [2.45, 2.75) is 57.8 Å². The molecule has 0 saturated heterocycles. The number of nitrogens with zero attached hydrogens (tertiary/aromatic N) is 2. The van der Waals surface area contributed by atoms with Crippen molar-refractivity contribution in [1.29, 1.82) is 0 Å². The van der Waals surface area contributed by atoms with Crippen molar-refractivity contribution in [3.05, 3.63) is 300 Å². The number of rotatable bonds is 10. The first-order valence-electron chi connectivity index (χ1n) is 27.4. The van der Waals surface area contributed by atoms with E-state index in [-0.39, 0.29) is 16.6 Å². The van der Waals surface area contributed by atoms with Gasteiger partial charge in [0.15, 0.2) is 0 Å². The second-order valence-corrected chi connectivity index (χ2v) is 23.1. The molecule has 79 heavy (non-hydrogen) atoms. The quantitative estimate of drug-likeness (QED) is 0.136. The summed E-state index contributed by atoms with van der Waals surface area (Å²) in [5.74, 6) is -0.304. The lowest BCUT2D eigenvalue weighted by Crippen LogP contribution is -2.29. The van der Waals surface area contributed by atoms with E-state index in [2.05, 4.69) is 288 Å². The minimum atomic E-state index is -1.04. The summed E-state index contributed by atoms with van der Waals surface area (Å²) in [4.78, 5) is 4.75. The van der Waals surface area contributed by atoms with Gasteiger partial charge in [-0.3, -0.25) is 0 Å². The molecule has 384 valence electrons. The van der Waals surface area contributed by atoms with E-state index in [9.17, 15) is 0 Å². The molecule has 0 spiro atoms. The predicted molar refractivity (Wildman–Crippen MR) is 329 cm³/mol. The molecular formula is C75H61FN2O. The molecule has 1 aromatic heterocycles. The van der Waals surface area contributed by atoms with E-state index in [1.54, 1.807) is 12.1 Å². The maximum atomic E-state index is 16.5. The predicted octanol–water partition coefficient (Wildman–Crippen LogP) is 21.0. The first kappa shape index (κ1) is 49.3. The van der Waals surface area contributed by atoms with Crippen LogP contribution in [0.2, 0.25) is 0 Å². The summed E-state index contributed by atoms with van der Waals surface area (Å²) < 4.78 is 23.8. The summed E-state index contributed by atoms with van der Waals surface area (Å²) in [6.07, 6.45) is 0. The Morgan fingerprint density at radius 2 is 0.835 bits per heavy atom. The monoisotopic (exact) mass is 1020 g/mol. The van der Waals surface area contributed by atoms with Crippen LogP contribution in [0.25, 0.3) is 55.3 Å². The molecule has 3 nitrogen and oxygen atoms in total. The molecule has 0 saturated carbocycles. The normalized spacial score (nSPS) is 14.1. The number of hydrogen-bond acceptors (Lipinski definition) is 3. The summed E-state index contributed by atoms with van der Waals surface area (Å²) in [5.41, 5.74) is 19.4. The van der Waals surface area contributed by atoms with Crippen LogP contribution in [-0.2, 0) is 16.2 Å². The van der Waals surface area contributed by atoms with Crippen molar-refractivity contribution in [2.75, 3.05) is 9.80 Å². The maximum Gasteiger partial charge on any atom is 0.145 e. The molecule has 1 aliphatic rings. The Bertz CT molecular complexity index is 4170. The van der Waals surface area contributed by atoms with Gasteiger partial charge < -0.3 is 14.2 Å². The minimum Gasteiger partial charge on any atom is -0.455 e. The topological polar surface area (TPSA) is 19.6 Å². The highest BCUT2D eigenvalue weighted by Crippen LogP contribution is 2.62. The van der Waals surface area contributed by atoms with Crippen LogP contribution in [0.1, 0.15) is 74.9 Å². The van der Waals surface area contributed by atoms with Crippen LogP contribution >= 0.6 is 0 Å². The molecule has 11 aromatic carbocycles. The molecule has 12 aromatic rings. The Morgan fingerprint density at radius 1 is 0.380 bits per heavy atom. The fourth-order valence-electron chi connectivity index (χ4n) is 12.1. The third-order valence-electron chi connectivity index (χ3n) is 16.1. The first-order chi connectivity index (χ1) is 38.3. The van der Waals surface area contributed by atoms with Crippen molar-refractivity contribution in [2.24, 2.45) is 0 Å². The van der Waals surface area contributed by atoms with Crippen LogP contribution < -0.4 is 9.80 Å². The SMILES string of the molecule is CC(C)(C)c1ccc(N(c2ccc(-c3ccccc3)cc2)c2ccc3c(c2)C(c2ccccc2)(c2cccc(F)c2)c2cc(N(c4ccc(-c5ccccc5)cc4)c4ccc(C(C)(C)C)cc4)c4c(oc5ccccc54)c2-3)cc1. The third kappa shape index (κ3) is 8.60. The van der Waals surface area contributed by atoms with E-state index >= 15 is 4.39 Å². The zero-order chi connectivity index (χ0) is 54.0. The number of halogens is 1. The summed E-state index contributed by atoms with van der Waals surface area (Å²) >= 11 is 0. The number of anilines is 6. The Kier molecular flexibility index (Phi) is 12.1. The molecule has 1 heterocycles. The number of furan rings is 1. The second kappa shape index (κ2) is 19.3. The molecular weight excluding hydrogens is 964 g/mol. The maximum absolute atomic E-state index is 16.5. The second-order valence-electron chi connectivity index (χ2n) is 23.1. The van der Waals surface area contributed by atoms with Gasteiger partial charge in [-0.05, 0) is 157 Å². The minimum absolute atomic E-state index is 0.0296. The van der Waals surface area contributed by atoms with Gasteiger partial charge in [0, 0.05) is 39.4 Å². The van der Waals surface area contributed by atoms with E-state index in [0.29, 0.717) is 0 Å². The summed E-state index contributed by atoms with van der Waals surface area (Å²) in [5, 5.41) is 2.01. The van der Waals surface area contributed by atoms with Gasteiger partial charge in [-0.25, -0.2) is 4.39 Å². The Morgan fingerprint density at radius 3 is 1.37 bits per heavy atom. The lowest BCUT2D eigenvalue weighted by molar-refractivity contribution is 0.590. The van der Waals surface area contributed by atoms with Gasteiger partial charge >= 0.3 is 0 Å². The van der Waals surface area contributed by atoms with Crippen LogP contribution in [0.4, 0.5) is 38.5 Å². The van der Waals surface area contributed by atoms with Crippen molar-refractivity contribution >= 4 is 56.1 Å². The largest absolute Gasteiger partial charge is 0.455 e. The molecule has 4 heteroatoms. The van der Waals surface area contributed by atoms with Gasteiger partial charge in [-0.15, -0.1) is 0 Å². The number of fused-ring (bicyclic) bond motifs is 7. The van der Waals surface area contributed by atoms with E-state index in [4.69, 9.17) is 4.42 Å². The van der Waals surface area contributed by atoms with Crippen LogP contribution in [0.5, 0.6) is 0 Å². The molecule has 0 fully saturated rings. The molecule has 0 bridgehead atoms. The molecule has 0 aliphatic heterocycles. The number of hydrogen-bond donors (Lipinski definition) is 0. The number of benzene rings is 11. The fraction of sp³-hybridized carbons (Fsp3) is 0.120. The molecule has 0 radical (unpaired) electrons. The zero-order valence-electron chi connectivity index (χ0n) is 45.5. The lowest BCUT2D eigenvalue weighted by Gasteiger charge is -2.36. The average molecular weight is 1030 g/mol. The zero-order valence-corrected chi connectivity index (χ0v) is 45.5. The van der Waals surface area contributed by atoms with Gasteiger partial charge in [0.25, 0.3) is 0 Å². The van der Waals surface area contributed by atoms with Gasteiger partial charge in [-0.1, -0.05) is 217 Å². The van der Waals surface area contributed by atoms with Crippen molar-refractivity contribution in [3.8, 4) is 33.4 Å². The van der Waals surface area contributed by atoms with E-state index in [1.165, 1.54) is 11.1 Å². The van der Waals surface area contributed by atoms with E-state index < -0.39 is 5.41 Å².